The fourth-order valence-electron chi connectivity index (χ4n) is 3.60. The van der Waals surface area contributed by atoms with Crippen molar-refractivity contribution in [2.24, 2.45) is 5.92 Å². The normalized spacial score (nSPS) is 24.0. The molecule has 0 saturated carbocycles. The van der Waals surface area contributed by atoms with E-state index in [0.29, 0.717) is 11.8 Å². The maximum absolute atomic E-state index is 12.7. The molecule has 2 fully saturated rings. The Hall–Kier alpha value is -1.42. The molecule has 2 aliphatic rings. The summed E-state index contributed by atoms with van der Waals surface area (Å²) in [7, 11) is 0. The number of hydrogen-bond donors (Lipinski definition) is 1. The molecule has 2 aliphatic heterocycles. The SMILES string of the molecule is O=C(CC1CCNCC1)N1CCCC[C@@H]1c1cccnc1. The molecule has 0 bridgehead atoms. The molecule has 1 aromatic heterocycles. The minimum atomic E-state index is 0.238. The van der Waals surface area contributed by atoms with E-state index in [2.05, 4.69) is 21.3 Å². The highest BCUT2D eigenvalue weighted by Crippen LogP contribution is 2.32. The number of rotatable bonds is 3. The zero-order valence-corrected chi connectivity index (χ0v) is 12.6. The zero-order valence-electron chi connectivity index (χ0n) is 12.6. The van der Waals surface area contributed by atoms with Crippen LogP contribution in [0.1, 0.15) is 50.1 Å². The third kappa shape index (κ3) is 3.62. The average Bonchev–Trinajstić information content (AvgIpc) is 2.56. The number of amides is 1. The van der Waals surface area contributed by atoms with Gasteiger partial charge in [-0.15, -0.1) is 0 Å². The van der Waals surface area contributed by atoms with Crippen LogP contribution in [0.2, 0.25) is 0 Å². The van der Waals surface area contributed by atoms with E-state index in [9.17, 15) is 4.79 Å². The molecule has 3 heterocycles. The lowest BCUT2D eigenvalue weighted by molar-refractivity contribution is -0.136. The van der Waals surface area contributed by atoms with Gasteiger partial charge >= 0.3 is 0 Å². The Labute approximate surface area is 126 Å². The predicted molar refractivity (Wildman–Crippen MR) is 82.8 cm³/mol. The highest BCUT2D eigenvalue weighted by Gasteiger charge is 2.29. The third-order valence-electron chi connectivity index (χ3n) is 4.81. The summed E-state index contributed by atoms with van der Waals surface area (Å²) in [4.78, 5) is 19.1. The molecule has 0 aromatic carbocycles. The monoisotopic (exact) mass is 287 g/mol. The van der Waals surface area contributed by atoms with Crippen molar-refractivity contribution in [3.63, 3.8) is 0 Å². The average molecular weight is 287 g/mol. The van der Waals surface area contributed by atoms with Crippen LogP contribution in [0.15, 0.2) is 24.5 Å². The maximum Gasteiger partial charge on any atom is 0.223 e. The molecule has 0 unspecified atom stereocenters. The smallest absolute Gasteiger partial charge is 0.223 e. The summed E-state index contributed by atoms with van der Waals surface area (Å²) in [5.41, 5.74) is 1.19. The van der Waals surface area contributed by atoms with E-state index in [4.69, 9.17) is 0 Å². The van der Waals surface area contributed by atoms with Crippen LogP contribution >= 0.6 is 0 Å². The number of nitrogens with one attached hydrogen (secondary N) is 1. The number of piperidine rings is 2. The van der Waals surface area contributed by atoms with Crippen molar-refractivity contribution in [1.82, 2.24) is 15.2 Å². The molecule has 0 radical (unpaired) electrons. The second kappa shape index (κ2) is 7.03. The highest BCUT2D eigenvalue weighted by molar-refractivity contribution is 5.77. The summed E-state index contributed by atoms with van der Waals surface area (Å²) in [6, 6.07) is 4.31. The molecule has 4 nitrogen and oxygen atoms in total. The minimum absolute atomic E-state index is 0.238. The largest absolute Gasteiger partial charge is 0.336 e. The van der Waals surface area contributed by atoms with E-state index in [1.165, 1.54) is 12.0 Å². The first kappa shape index (κ1) is 14.5. The molecule has 1 N–H and O–H groups in total. The van der Waals surface area contributed by atoms with E-state index in [-0.39, 0.29) is 6.04 Å². The molecule has 21 heavy (non-hydrogen) atoms. The first-order valence-electron chi connectivity index (χ1n) is 8.24. The second-order valence-electron chi connectivity index (χ2n) is 6.28. The lowest BCUT2D eigenvalue weighted by Gasteiger charge is -2.37. The zero-order chi connectivity index (χ0) is 14.5. The van der Waals surface area contributed by atoms with Gasteiger partial charge in [0.05, 0.1) is 6.04 Å². The Morgan fingerprint density at radius 2 is 2.14 bits per heavy atom. The second-order valence-corrected chi connectivity index (χ2v) is 6.28. The Morgan fingerprint density at radius 1 is 1.29 bits per heavy atom. The topological polar surface area (TPSA) is 45.2 Å². The van der Waals surface area contributed by atoms with E-state index in [1.54, 1.807) is 6.20 Å². The molecular formula is C17H25N3O. The van der Waals surface area contributed by atoms with Gasteiger partial charge in [0, 0.05) is 25.4 Å². The Morgan fingerprint density at radius 3 is 2.90 bits per heavy atom. The maximum atomic E-state index is 12.7. The molecule has 3 rings (SSSR count). The van der Waals surface area contributed by atoms with Gasteiger partial charge in [0.1, 0.15) is 0 Å². The van der Waals surface area contributed by atoms with Crippen LogP contribution in [-0.4, -0.2) is 35.4 Å². The standard InChI is InChI=1S/C17H25N3O/c21-17(12-14-6-9-18-10-7-14)20-11-2-1-5-16(20)15-4-3-8-19-13-15/h3-4,8,13-14,16,18H,1-2,5-7,9-12H2/t16-/m1/s1. The van der Waals surface area contributed by atoms with Crippen molar-refractivity contribution in [3.8, 4) is 0 Å². The van der Waals surface area contributed by atoms with Crippen LogP contribution in [-0.2, 0) is 4.79 Å². The van der Waals surface area contributed by atoms with E-state index >= 15 is 0 Å². The molecule has 2 saturated heterocycles. The van der Waals surface area contributed by atoms with Gasteiger partial charge in [-0.3, -0.25) is 9.78 Å². The number of pyridine rings is 1. The Balaban J connectivity index is 1.67. The van der Waals surface area contributed by atoms with Gasteiger partial charge in [0.25, 0.3) is 0 Å². The summed E-state index contributed by atoms with van der Waals surface area (Å²) < 4.78 is 0. The predicted octanol–water partition coefficient (Wildman–Crippen LogP) is 2.52. The fraction of sp³-hybridized carbons (Fsp3) is 0.647. The molecule has 1 amide bonds. The van der Waals surface area contributed by atoms with Gasteiger partial charge in [0.2, 0.25) is 5.91 Å². The summed E-state index contributed by atoms with van der Waals surface area (Å²) in [5.74, 6) is 0.908. The number of aromatic nitrogens is 1. The summed E-state index contributed by atoms with van der Waals surface area (Å²) in [5, 5.41) is 3.37. The van der Waals surface area contributed by atoms with Gasteiger partial charge in [-0.05, 0) is 62.7 Å². The summed E-state index contributed by atoms with van der Waals surface area (Å²) in [6.07, 6.45) is 10.1. The lowest BCUT2D eigenvalue weighted by atomic mass is 9.91. The summed E-state index contributed by atoms with van der Waals surface area (Å²) in [6.45, 7) is 3.03. The quantitative estimate of drug-likeness (QED) is 0.929. The number of carbonyl (C=O) groups is 1. The van der Waals surface area contributed by atoms with Gasteiger partial charge < -0.3 is 10.2 Å². The van der Waals surface area contributed by atoms with Crippen LogP contribution in [0.5, 0.6) is 0 Å². The molecule has 0 spiro atoms. The van der Waals surface area contributed by atoms with Crippen LogP contribution in [0, 0.1) is 5.92 Å². The minimum Gasteiger partial charge on any atom is -0.336 e. The number of hydrogen-bond acceptors (Lipinski definition) is 3. The van der Waals surface area contributed by atoms with Crippen molar-refractivity contribution in [2.45, 2.75) is 44.6 Å². The van der Waals surface area contributed by atoms with Crippen LogP contribution in [0.4, 0.5) is 0 Å². The van der Waals surface area contributed by atoms with E-state index in [0.717, 1.165) is 51.7 Å². The summed E-state index contributed by atoms with van der Waals surface area (Å²) >= 11 is 0. The van der Waals surface area contributed by atoms with E-state index in [1.807, 2.05) is 12.3 Å². The van der Waals surface area contributed by atoms with Crippen molar-refractivity contribution >= 4 is 5.91 Å². The van der Waals surface area contributed by atoms with E-state index < -0.39 is 0 Å². The fourth-order valence-corrected chi connectivity index (χ4v) is 3.60. The first-order valence-corrected chi connectivity index (χ1v) is 8.24. The highest BCUT2D eigenvalue weighted by atomic mass is 16.2. The molecule has 114 valence electrons. The van der Waals surface area contributed by atoms with Gasteiger partial charge in [-0.2, -0.15) is 0 Å². The number of carbonyl (C=O) groups excluding carboxylic acids is 1. The van der Waals surface area contributed by atoms with Crippen LogP contribution < -0.4 is 5.32 Å². The van der Waals surface area contributed by atoms with Crippen LogP contribution in [0.3, 0.4) is 0 Å². The molecule has 1 atom stereocenters. The molecular weight excluding hydrogens is 262 g/mol. The van der Waals surface area contributed by atoms with Gasteiger partial charge in [-0.25, -0.2) is 0 Å². The lowest BCUT2D eigenvalue weighted by Crippen LogP contribution is -2.40. The van der Waals surface area contributed by atoms with Crippen molar-refractivity contribution < 1.29 is 4.79 Å². The molecule has 4 heteroatoms. The third-order valence-corrected chi connectivity index (χ3v) is 4.81. The Bertz CT molecular complexity index is 456. The van der Waals surface area contributed by atoms with Gasteiger partial charge in [-0.1, -0.05) is 6.07 Å². The molecule has 0 aliphatic carbocycles. The van der Waals surface area contributed by atoms with Crippen molar-refractivity contribution in [2.75, 3.05) is 19.6 Å². The van der Waals surface area contributed by atoms with Crippen molar-refractivity contribution in [3.05, 3.63) is 30.1 Å². The van der Waals surface area contributed by atoms with Crippen LogP contribution in [0.25, 0.3) is 0 Å². The Kier molecular flexibility index (Phi) is 4.86. The first-order chi connectivity index (χ1) is 10.3. The molecule has 1 aromatic rings. The number of nitrogens with zero attached hydrogens (tertiary/aromatic N) is 2. The van der Waals surface area contributed by atoms with Crippen molar-refractivity contribution in [1.29, 1.82) is 0 Å². The van der Waals surface area contributed by atoms with Gasteiger partial charge in [0.15, 0.2) is 0 Å². The number of likely N-dealkylation sites (tertiary alicyclic amines) is 1.